The number of urea groups is 1. The van der Waals surface area contributed by atoms with E-state index >= 15 is 0 Å². The molecule has 2 saturated heterocycles. The normalized spacial score (nSPS) is 26.6. The zero-order valence-corrected chi connectivity index (χ0v) is 15.6. The number of halogens is 1. The predicted molar refractivity (Wildman–Crippen MR) is 96.3 cm³/mol. The van der Waals surface area contributed by atoms with Gasteiger partial charge >= 0.3 is 6.03 Å². The van der Waals surface area contributed by atoms with Gasteiger partial charge in [0.05, 0.1) is 0 Å². The van der Waals surface area contributed by atoms with Gasteiger partial charge in [0.15, 0.2) is 0 Å². The predicted octanol–water partition coefficient (Wildman–Crippen LogP) is 1.39. The Kier molecular flexibility index (Phi) is 6.32. The lowest BCUT2D eigenvalue weighted by Crippen LogP contribution is -2.52. The van der Waals surface area contributed by atoms with E-state index in [-0.39, 0.29) is 55.3 Å². The van der Waals surface area contributed by atoms with E-state index in [1.807, 2.05) is 11.8 Å². The third-order valence-corrected chi connectivity index (χ3v) is 5.73. The van der Waals surface area contributed by atoms with Crippen LogP contribution in [0, 0.1) is 0 Å². The van der Waals surface area contributed by atoms with Crippen molar-refractivity contribution < 1.29 is 14.4 Å². The first-order valence-electron chi connectivity index (χ1n) is 9.14. The topological polar surface area (TPSA) is 95.7 Å². The van der Waals surface area contributed by atoms with E-state index in [0.29, 0.717) is 12.8 Å². The van der Waals surface area contributed by atoms with Crippen LogP contribution in [-0.4, -0.2) is 58.4 Å². The van der Waals surface area contributed by atoms with Crippen molar-refractivity contribution in [1.29, 1.82) is 0 Å². The van der Waals surface area contributed by atoms with Gasteiger partial charge in [0.2, 0.25) is 5.91 Å². The average molecular weight is 373 g/mol. The van der Waals surface area contributed by atoms with Crippen LogP contribution >= 0.6 is 12.4 Å². The van der Waals surface area contributed by atoms with Gasteiger partial charge in [-0.1, -0.05) is 12.8 Å². The summed E-state index contributed by atoms with van der Waals surface area (Å²) in [5.41, 5.74) is 5.32. The maximum atomic E-state index is 12.6. The molecule has 2 unspecified atom stereocenters. The number of hydrogen-bond donors (Lipinski definition) is 2. The number of hydrogen-bond acceptors (Lipinski definition) is 4. The Morgan fingerprint density at radius 3 is 2.60 bits per heavy atom. The molecule has 1 aliphatic carbocycles. The lowest BCUT2D eigenvalue weighted by atomic mass is 9.96. The number of nitrogens with zero attached hydrogens (tertiary/aromatic N) is 2. The number of rotatable bonds is 4. The molecule has 2 atom stereocenters. The van der Waals surface area contributed by atoms with Crippen LogP contribution in [0.5, 0.6) is 0 Å². The van der Waals surface area contributed by atoms with Crippen LogP contribution in [0.2, 0.25) is 0 Å². The largest absolute Gasteiger partial charge is 0.338 e. The van der Waals surface area contributed by atoms with Gasteiger partial charge in [-0.2, -0.15) is 0 Å². The Hall–Kier alpha value is -1.34. The molecular formula is C17H29ClN4O3. The molecule has 2 heterocycles. The van der Waals surface area contributed by atoms with Crippen molar-refractivity contribution in [2.75, 3.05) is 13.1 Å². The fourth-order valence-corrected chi connectivity index (χ4v) is 4.36. The van der Waals surface area contributed by atoms with Crippen molar-refractivity contribution in [3.8, 4) is 0 Å². The van der Waals surface area contributed by atoms with Gasteiger partial charge < -0.3 is 16.0 Å². The highest BCUT2D eigenvalue weighted by atomic mass is 35.5. The molecule has 0 aromatic heterocycles. The molecule has 1 saturated carbocycles. The second-order valence-corrected chi connectivity index (χ2v) is 7.44. The van der Waals surface area contributed by atoms with E-state index in [9.17, 15) is 14.4 Å². The SMILES string of the molecule is CC(N)C1CCCCN1C(=O)CCN1C(=O)NC2(CCCC2)C1=O.Cl. The molecule has 2 aliphatic heterocycles. The Morgan fingerprint density at radius 2 is 1.96 bits per heavy atom. The maximum Gasteiger partial charge on any atom is 0.325 e. The van der Waals surface area contributed by atoms with E-state index in [2.05, 4.69) is 5.32 Å². The fourth-order valence-electron chi connectivity index (χ4n) is 4.36. The number of amides is 4. The molecule has 0 bridgehead atoms. The summed E-state index contributed by atoms with van der Waals surface area (Å²) >= 11 is 0. The molecule has 3 N–H and O–H groups in total. The minimum absolute atomic E-state index is 0. The minimum Gasteiger partial charge on any atom is -0.338 e. The highest BCUT2D eigenvalue weighted by Gasteiger charge is 2.52. The van der Waals surface area contributed by atoms with Crippen LogP contribution in [-0.2, 0) is 9.59 Å². The molecular weight excluding hydrogens is 344 g/mol. The van der Waals surface area contributed by atoms with Crippen LogP contribution in [0.1, 0.15) is 58.3 Å². The fraction of sp³-hybridized carbons (Fsp3) is 0.824. The molecule has 142 valence electrons. The molecule has 8 heteroatoms. The lowest BCUT2D eigenvalue weighted by molar-refractivity contribution is -0.136. The van der Waals surface area contributed by atoms with E-state index in [1.165, 1.54) is 4.90 Å². The molecule has 0 radical (unpaired) electrons. The molecule has 3 rings (SSSR count). The van der Waals surface area contributed by atoms with Crippen molar-refractivity contribution in [2.45, 2.75) is 75.9 Å². The van der Waals surface area contributed by atoms with Crippen molar-refractivity contribution in [2.24, 2.45) is 5.73 Å². The summed E-state index contributed by atoms with van der Waals surface area (Å²) in [6, 6.07) is -0.347. The van der Waals surface area contributed by atoms with Gasteiger partial charge in [-0.25, -0.2) is 4.79 Å². The second kappa shape index (κ2) is 7.91. The van der Waals surface area contributed by atoms with Crippen LogP contribution in [0.25, 0.3) is 0 Å². The third-order valence-electron chi connectivity index (χ3n) is 5.73. The van der Waals surface area contributed by atoms with Gasteiger partial charge in [-0.05, 0) is 39.0 Å². The highest BCUT2D eigenvalue weighted by molar-refractivity contribution is 6.07. The van der Waals surface area contributed by atoms with E-state index in [1.54, 1.807) is 0 Å². The first kappa shape index (κ1) is 20.0. The molecule has 7 nitrogen and oxygen atoms in total. The van der Waals surface area contributed by atoms with E-state index in [0.717, 1.165) is 38.6 Å². The number of piperidine rings is 1. The maximum absolute atomic E-state index is 12.6. The van der Waals surface area contributed by atoms with Crippen molar-refractivity contribution in [3.05, 3.63) is 0 Å². The summed E-state index contributed by atoms with van der Waals surface area (Å²) in [6.07, 6.45) is 6.52. The van der Waals surface area contributed by atoms with Crippen LogP contribution in [0.15, 0.2) is 0 Å². The van der Waals surface area contributed by atoms with Gasteiger partial charge in [0.1, 0.15) is 5.54 Å². The Labute approximate surface area is 155 Å². The molecule has 0 aromatic rings. The summed E-state index contributed by atoms with van der Waals surface area (Å²) in [5, 5.41) is 2.85. The smallest absolute Gasteiger partial charge is 0.325 e. The van der Waals surface area contributed by atoms with Crippen molar-refractivity contribution in [3.63, 3.8) is 0 Å². The van der Waals surface area contributed by atoms with Crippen LogP contribution in [0.3, 0.4) is 0 Å². The molecule has 25 heavy (non-hydrogen) atoms. The number of likely N-dealkylation sites (tertiary alicyclic amines) is 1. The second-order valence-electron chi connectivity index (χ2n) is 7.44. The van der Waals surface area contributed by atoms with Gasteiger partial charge in [-0.3, -0.25) is 14.5 Å². The summed E-state index contributed by atoms with van der Waals surface area (Å²) in [7, 11) is 0. The Bertz CT molecular complexity index is 534. The van der Waals surface area contributed by atoms with Crippen LogP contribution in [0.4, 0.5) is 4.79 Å². The summed E-state index contributed by atoms with van der Waals surface area (Å²) in [5.74, 6) is -0.162. The number of carbonyl (C=O) groups excluding carboxylic acids is 3. The van der Waals surface area contributed by atoms with Gasteiger partial charge in [0.25, 0.3) is 5.91 Å². The lowest BCUT2D eigenvalue weighted by Gasteiger charge is -2.38. The molecule has 1 spiro atoms. The zero-order valence-electron chi connectivity index (χ0n) is 14.8. The molecule has 3 aliphatic rings. The summed E-state index contributed by atoms with van der Waals surface area (Å²) < 4.78 is 0. The molecule has 0 aromatic carbocycles. The van der Waals surface area contributed by atoms with E-state index < -0.39 is 5.54 Å². The van der Waals surface area contributed by atoms with Crippen LogP contribution < -0.4 is 11.1 Å². The van der Waals surface area contributed by atoms with E-state index in [4.69, 9.17) is 5.73 Å². The standard InChI is InChI=1S/C17H28N4O3.ClH/c1-12(18)13-6-2-5-10-20(13)14(22)7-11-21-15(23)17(19-16(21)24)8-3-4-9-17;/h12-13H,2-11,18H2,1H3,(H,19,24);1H. The Balaban J connectivity index is 0.00000225. The quantitative estimate of drug-likeness (QED) is 0.729. The minimum atomic E-state index is -0.695. The van der Waals surface area contributed by atoms with Crippen molar-refractivity contribution in [1.82, 2.24) is 15.1 Å². The number of nitrogens with one attached hydrogen (secondary N) is 1. The first-order chi connectivity index (χ1) is 11.4. The van der Waals surface area contributed by atoms with Gasteiger partial charge in [0, 0.05) is 31.6 Å². The highest BCUT2D eigenvalue weighted by Crippen LogP contribution is 2.35. The third kappa shape index (κ3) is 3.77. The zero-order chi connectivity index (χ0) is 17.3. The van der Waals surface area contributed by atoms with Crippen molar-refractivity contribution >= 4 is 30.3 Å². The first-order valence-corrected chi connectivity index (χ1v) is 9.14. The Morgan fingerprint density at radius 1 is 1.28 bits per heavy atom. The summed E-state index contributed by atoms with van der Waals surface area (Å²) in [6.45, 7) is 2.81. The average Bonchev–Trinajstić information content (AvgIpc) is 3.12. The molecule has 4 amide bonds. The van der Waals surface area contributed by atoms with Gasteiger partial charge in [-0.15, -0.1) is 12.4 Å². The summed E-state index contributed by atoms with van der Waals surface area (Å²) in [4.78, 5) is 40.4. The number of imide groups is 1. The molecule has 3 fully saturated rings. The monoisotopic (exact) mass is 372 g/mol. The number of nitrogens with two attached hydrogens (primary N) is 1. The number of carbonyl (C=O) groups is 3.